The number of H-pyrrole nitrogens is 1. The highest BCUT2D eigenvalue weighted by Crippen LogP contribution is 2.43. The van der Waals surface area contributed by atoms with Crippen molar-refractivity contribution in [2.75, 3.05) is 0 Å². The summed E-state index contributed by atoms with van der Waals surface area (Å²) in [5.41, 5.74) is 3.04. The van der Waals surface area contributed by atoms with Crippen LogP contribution in [0.3, 0.4) is 0 Å². The fraction of sp³-hybridized carbons (Fsp3) is 0.267. The van der Waals surface area contributed by atoms with Gasteiger partial charge in [-0.3, -0.25) is 0 Å². The summed E-state index contributed by atoms with van der Waals surface area (Å²) in [6.45, 7) is 1.94. The van der Waals surface area contributed by atoms with E-state index in [1.54, 1.807) is 12.1 Å². The average molecular weight is 283 g/mol. The number of aromatic nitrogens is 3. The van der Waals surface area contributed by atoms with Gasteiger partial charge < -0.3 is 9.52 Å². The first kappa shape index (κ1) is 12.1. The lowest BCUT2D eigenvalue weighted by Gasteiger charge is -2.08. The molecule has 0 unspecified atom stereocenters. The summed E-state index contributed by atoms with van der Waals surface area (Å²) in [6, 6.07) is 5.66. The molecule has 3 aromatic rings. The van der Waals surface area contributed by atoms with Crippen LogP contribution in [0.1, 0.15) is 29.9 Å². The molecule has 6 nitrogen and oxygen atoms in total. The third-order valence-corrected chi connectivity index (χ3v) is 3.83. The number of nitrogens with zero attached hydrogens (tertiary/aromatic N) is 2. The Morgan fingerprint density at radius 3 is 2.81 bits per heavy atom. The van der Waals surface area contributed by atoms with Crippen LogP contribution in [0.15, 0.2) is 27.4 Å². The molecular weight excluding hydrogens is 270 g/mol. The Bertz CT molecular complexity index is 906. The maximum Gasteiger partial charge on any atom is 0.434 e. The molecule has 4 rings (SSSR count). The van der Waals surface area contributed by atoms with E-state index in [0.717, 1.165) is 16.5 Å². The van der Waals surface area contributed by atoms with Gasteiger partial charge in [-0.25, -0.2) is 14.9 Å². The van der Waals surface area contributed by atoms with Gasteiger partial charge in [0.1, 0.15) is 17.0 Å². The molecule has 1 aliphatic carbocycles. The third kappa shape index (κ3) is 1.99. The predicted octanol–water partition coefficient (Wildman–Crippen LogP) is 2.47. The minimum Gasteiger partial charge on any atom is -0.506 e. The number of hydrogen-bond acceptors (Lipinski definition) is 5. The number of benzene rings is 1. The van der Waals surface area contributed by atoms with E-state index >= 15 is 0 Å². The molecule has 1 fully saturated rings. The number of nitrogens with one attached hydrogen (secondary N) is 1. The molecule has 1 saturated carbocycles. The first-order valence-electron chi connectivity index (χ1n) is 6.82. The lowest BCUT2D eigenvalue weighted by Crippen LogP contribution is -1.94. The molecule has 2 aromatic heterocycles. The monoisotopic (exact) mass is 283 g/mol. The molecule has 0 saturated heterocycles. The van der Waals surface area contributed by atoms with Crippen LogP contribution in [0, 0.1) is 6.92 Å². The van der Waals surface area contributed by atoms with Gasteiger partial charge in [-0.2, -0.15) is 0 Å². The van der Waals surface area contributed by atoms with Gasteiger partial charge in [-0.05, 0) is 55.0 Å². The topological polar surface area (TPSA) is 92.0 Å². The van der Waals surface area contributed by atoms with E-state index in [0.29, 0.717) is 17.1 Å². The van der Waals surface area contributed by atoms with Crippen LogP contribution in [0.4, 0.5) is 0 Å². The van der Waals surface area contributed by atoms with E-state index in [9.17, 15) is 9.90 Å². The Hall–Kier alpha value is -2.63. The predicted molar refractivity (Wildman–Crippen MR) is 76.2 cm³/mol. The minimum absolute atomic E-state index is 0.121. The molecular formula is C15H13N3O3. The van der Waals surface area contributed by atoms with Crippen LogP contribution < -0.4 is 5.76 Å². The van der Waals surface area contributed by atoms with Gasteiger partial charge in [0, 0.05) is 5.39 Å². The van der Waals surface area contributed by atoms with E-state index in [-0.39, 0.29) is 11.6 Å². The van der Waals surface area contributed by atoms with Gasteiger partial charge >= 0.3 is 5.76 Å². The van der Waals surface area contributed by atoms with E-state index in [2.05, 4.69) is 21.2 Å². The number of aryl methyl sites for hydroxylation is 1. The minimum atomic E-state index is -0.627. The van der Waals surface area contributed by atoms with Crippen molar-refractivity contribution >= 4 is 10.9 Å². The summed E-state index contributed by atoms with van der Waals surface area (Å²) in [6.07, 6.45) is 2.35. The molecule has 21 heavy (non-hydrogen) atoms. The normalized spacial score (nSPS) is 14.7. The molecule has 106 valence electrons. The Morgan fingerprint density at radius 1 is 1.33 bits per heavy atom. The van der Waals surface area contributed by atoms with E-state index in [1.165, 1.54) is 12.8 Å². The van der Waals surface area contributed by atoms with Crippen LogP contribution in [-0.4, -0.2) is 20.3 Å². The second-order valence-electron chi connectivity index (χ2n) is 5.45. The molecule has 0 bridgehead atoms. The quantitative estimate of drug-likeness (QED) is 0.753. The lowest BCUT2D eigenvalue weighted by atomic mass is 10.0. The molecule has 2 N–H and O–H groups in total. The zero-order valence-electron chi connectivity index (χ0n) is 11.4. The van der Waals surface area contributed by atoms with E-state index in [1.807, 2.05) is 6.92 Å². The molecule has 0 atom stereocenters. The number of rotatable bonds is 2. The summed E-state index contributed by atoms with van der Waals surface area (Å²) >= 11 is 0. The SMILES string of the molecule is Cc1cc(-c2n[nH]c(=O)o2)nc2c(O)cc(C3CC3)cc12. The summed E-state index contributed by atoms with van der Waals surface area (Å²) < 4.78 is 4.92. The highest BCUT2D eigenvalue weighted by atomic mass is 16.4. The highest BCUT2D eigenvalue weighted by Gasteiger charge is 2.25. The average Bonchev–Trinajstić information content (AvgIpc) is 3.21. The van der Waals surface area contributed by atoms with Crippen LogP contribution in [0.25, 0.3) is 22.5 Å². The smallest absolute Gasteiger partial charge is 0.434 e. The molecule has 0 aliphatic heterocycles. The number of hydrogen-bond donors (Lipinski definition) is 2. The molecule has 1 aliphatic rings. The van der Waals surface area contributed by atoms with Gasteiger partial charge in [-0.15, -0.1) is 5.10 Å². The van der Waals surface area contributed by atoms with Crippen molar-refractivity contribution in [3.63, 3.8) is 0 Å². The van der Waals surface area contributed by atoms with E-state index < -0.39 is 5.76 Å². The van der Waals surface area contributed by atoms with Crippen molar-refractivity contribution in [2.24, 2.45) is 0 Å². The van der Waals surface area contributed by atoms with Crippen molar-refractivity contribution in [3.8, 4) is 17.3 Å². The zero-order valence-corrected chi connectivity index (χ0v) is 11.4. The molecule has 0 spiro atoms. The zero-order chi connectivity index (χ0) is 14.6. The first-order chi connectivity index (χ1) is 10.1. The third-order valence-electron chi connectivity index (χ3n) is 3.83. The van der Waals surface area contributed by atoms with Gasteiger partial charge in [0.25, 0.3) is 5.89 Å². The maximum atomic E-state index is 11.0. The van der Waals surface area contributed by atoms with Crippen molar-refractivity contribution < 1.29 is 9.52 Å². The van der Waals surface area contributed by atoms with Crippen molar-refractivity contribution in [1.82, 2.24) is 15.2 Å². The van der Waals surface area contributed by atoms with Crippen molar-refractivity contribution in [3.05, 3.63) is 39.9 Å². The Balaban J connectivity index is 1.95. The summed E-state index contributed by atoms with van der Waals surface area (Å²) in [5, 5.41) is 17.1. The van der Waals surface area contributed by atoms with Gasteiger partial charge in [0.2, 0.25) is 0 Å². The summed E-state index contributed by atoms with van der Waals surface area (Å²) in [5.74, 6) is 0.203. The van der Waals surface area contributed by atoms with Crippen LogP contribution in [0.2, 0.25) is 0 Å². The Morgan fingerprint density at radius 2 is 2.14 bits per heavy atom. The number of pyridine rings is 1. The molecule has 0 amide bonds. The lowest BCUT2D eigenvalue weighted by molar-refractivity contribution is 0.479. The Labute approximate surface area is 119 Å². The van der Waals surface area contributed by atoms with Crippen LogP contribution >= 0.6 is 0 Å². The van der Waals surface area contributed by atoms with Crippen molar-refractivity contribution in [2.45, 2.75) is 25.7 Å². The standard InChI is InChI=1S/C15H13N3O3/c1-7-4-11(14-17-18-15(20)21-14)16-13-10(7)5-9(6-12(13)19)8-2-3-8/h4-6,8,19H,2-3H2,1H3,(H,18,20). The van der Waals surface area contributed by atoms with Gasteiger partial charge in [0.05, 0.1) is 0 Å². The van der Waals surface area contributed by atoms with Crippen LogP contribution in [-0.2, 0) is 0 Å². The number of aromatic hydroxyl groups is 1. The summed E-state index contributed by atoms with van der Waals surface area (Å²) in [4.78, 5) is 15.4. The maximum absolute atomic E-state index is 11.0. The highest BCUT2D eigenvalue weighted by molar-refractivity contribution is 5.89. The second kappa shape index (κ2) is 4.18. The fourth-order valence-electron chi connectivity index (χ4n) is 2.60. The number of phenols is 1. The molecule has 6 heteroatoms. The van der Waals surface area contributed by atoms with Gasteiger partial charge in [0.15, 0.2) is 0 Å². The molecule has 1 aromatic carbocycles. The number of phenolic OH excluding ortho intramolecular Hbond substituents is 1. The Kier molecular flexibility index (Phi) is 2.42. The van der Waals surface area contributed by atoms with Crippen molar-refractivity contribution in [1.29, 1.82) is 0 Å². The second-order valence-corrected chi connectivity index (χ2v) is 5.45. The number of aromatic amines is 1. The van der Waals surface area contributed by atoms with E-state index in [4.69, 9.17) is 4.42 Å². The first-order valence-corrected chi connectivity index (χ1v) is 6.82. The fourth-order valence-corrected chi connectivity index (χ4v) is 2.60. The molecule has 2 heterocycles. The largest absolute Gasteiger partial charge is 0.506 e. The number of fused-ring (bicyclic) bond motifs is 1. The van der Waals surface area contributed by atoms with Crippen LogP contribution in [0.5, 0.6) is 5.75 Å². The summed E-state index contributed by atoms with van der Waals surface area (Å²) in [7, 11) is 0. The molecule has 0 radical (unpaired) electrons. The van der Waals surface area contributed by atoms with Gasteiger partial charge in [-0.1, -0.05) is 0 Å².